The van der Waals surface area contributed by atoms with Crippen LogP contribution < -0.4 is 5.32 Å². The monoisotopic (exact) mass is 432 g/mol. The number of hydrogen-bond donors (Lipinski definition) is 1. The number of hydrogen-bond acceptors (Lipinski definition) is 5. The van der Waals surface area contributed by atoms with E-state index in [0.717, 1.165) is 22.9 Å². The summed E-state index contributed by atoms with van der Waals surface area (Å²) in [6.45, 7) is 5.76. The lowest BCUT2D eigenvalue weighted by Gasteiger charge is -2.24. The molecule has 1 atom stereocenters. The minimum atomic E-state index is -3.57. The van der Waals surface area contributed by atoms with Gasteiger partial charge in [-0.1, -0.05) is 17.7 Å². The molecule has 6 nitrogen and oxygen atoms in total. The van der Waals surface area contributed by atoms with Gasteiger partial charge in [0.15, 0.2) is 9.84 Å². The van der Waals surface area contributed by atoms with E-state index >= 15 is 0 Å². The molecule has 1 N–H and O–H groups in total. The van der Waals surface area contributed by atoms with Gasteiger partial charge in [0.2, 0.25) is 5.91 Å². The molecule has 0 aromatic heterocycles. The van der Waals surface area contributed by atoms with Crippen molar-refractivity contribution in [2.24, 2.45) is 0 Å². The first-order valence-electron chi connectivity index (χ1n) is 9.15. The van der Waals surface area contributed by atoms with E-state index in [9.17, 15) is 18.0 Å². The highest BCUT2D eigenvalue weighted by Crippen LogP contribution is 2.27. The quantitative estimate of drug-likeness (QED) is 0.802. The predicted molar refractivity (Wildman–Crippen MR) is 116 cm³/mol. The van der Waals surface area contributed by atoms with Crippen LogP contribution in [0.2, 0.25) is 0 Å². The lowest BCUT2D eigenvalue weighted by atomic mass is 10.1. The van der Waals surface area contributed by atoms with Gasteiger partial charge in [-0.3, -0.25) is 9.59 Å². The molecule has 0 bridgehead atoms. The zero-order valence-electron chi connectivity index (χ0n) is 16.9. The van der Waals surface area contributed by atoms with Crippen LogP contribution in [0.5, 0.6) is 0 Å². The van der Waals surface area contributed by atoms with Crippen molar-refractivity contribution in [2.75, 3.05) is 23.2 Å². The lowest BCUT2D eigenvalue weighted by molar-refractivity contribution is -0.119. The van der Waals surface area contributed by atoms with E-state index < -0.39 is 21.8 Å². The van der Waals surface area contributed by atoms with Crippen LogP contribution in [0.4, 0.5) is 5.69 Å². The summed E-state index contributed by atoms with van der Waals surface area (Å²) in [4.78, 5) is 27.5. The largest absolute Gasteiger partial charge is 0.324 e. The summed E-state index contributed by atoms with van der Waals surface area (Å²) in [7, 11) is -3.57. The summed E-state index contributed by atoms with van der Waals surface area (Å²) in [5, 5.41) is 2.88. The van der Waals surface area contributed by atoms with Crippen molar-refractivity contribution in [3.8, 4) is 0 Å². The normalized spacial score (nSPS) is 16.7. The van der Waals surface area contributed by atoms with Gasteiger partial charge in [0.25, 0.3) is 5.91 Å². The van der Waals surface area contributed by atoms with Gasteiger partial charge in [-0.25, -0.2) is 8.42 Å². The molecule has 154 valence electrons. The molecule has 8 heteroatoms. The van der Waals surface area contributed by atoms with Gasteiger partial charge in [0.05, 0.1) is 16.3 Å². The van der Waals surface area contributed by atoms with Gasteiger partial charge in [0.1, 0.15) is 6.04 Å². The second kappa shape index (κ2) is 8.20. The number of anilines is 1. The molecule has 2 amide bonds. The summed E-state index contributed by atoms with van der Waals surface area (Å²) in [6.07, 6.45) is 1.08. The van der Waals surface area contributed by atoms with Crippen LogP contribution in [-0.4, -0.2) is 49.1 Å². The number of sulfone groups is 1. The molecule has 0 radical (unpaired) electrons. The number of nitrogens with one attached hydrogen (secondary N) is 1. The minimum absolute atomic E-state index is 0.0154. The Hall–Kier alpha value is -2.32. The topological polar surface area (TPSA) is 83.6 Å². The molecule has 2 aromatic rings. The Balaban J connectivity index is 1.87. The van der Waals surface area contributed by atoms with Gasteiger partial charge in [0, 0.05) is 17.7 Å². The van der Waals surface area contributed by atoms with Gasteiger partial charge in [-0.05, 0) is 56.2 Å². The highest BCUT2D eigenvalue weighted by atomic mass is 32.2. The Morgan fingerprint density at radius 2 is 1.79 bits per heavy atom. The zero-order chi connectivity index (χ0) is 21.3. The third kappa shape index (κ3) is 4.64. The van der Waals surface area contributed by atoms with Crippen LogP contribution in [0.1, 0.15) is 27.0 Å². The van der Waals surface area contributed by atoms with E-state index in [1.54, 1.807) is 19.1 Å². The minimum Gasteiger partial charge on any atom is -0.324 e. The lowest BCUT2D eigenvalue weighted by Crippen LogP contribution is -2.44. The maximum Gasteiger partial charge on any atom is 0.256 e. The Morgan fingerprint density at radius 3 is 2.45 bits per heavy atom. The average molecular weight is 433 g/mol. The molecule has 1 aliphatic rings. The van der Waals surface area contributed by atoms with Crippen molar-refractivity contribution < 1.29 is 18.0 Å². The first-order valence-corrected chi connectivity index (χ1v) is 12.2. The van der Waals surface area contributed by atoms with E-state index in [1.165, 1.54) is 22.7 Å². The van der Waals surface area contributed by atoms with Crippen LogP contribution in [0.3, 0.4) is 0 Å². The third-order valence-corrected chi connectivity index (χ3v) is 7.15. The summed E-state index contributed by atoms with van der Waals surface area (Å²) in [6, 6.07) is 9.67. The molecule has 1 fully saturated rings. The fourth-order valence-electron chi connectivity index (χ4n) is 3.19. The molecule has 0 aliphatic carbocycles. The molecule has 1 aliphatic heterocycles. The molecule has 3 rings (SSSR count). The highest BCUT2D eigenvalue weighted by molar-refractivity contribution is 7.99. The Bertz CT molecular complexity index is 1080. The number of benzene rings is 2. The number of thioether (sulfide) groups is 1. The Morgan fingerprint density at radius 1 is 1.07 bits per heavy atom. The molecular weight excluding hydrogens is 408 g/mol. The second-order valence-corrected chi connectivity index (χ2v) is 10.3. The molecule has 2 aromatic carbocycles. The van der Waals surface area contributed by atoms with Gasteiger partial charge in [-0.15, -0.1) is 11.8 Å². The van der Waals surface area contributed by atoms with Crippen LogP contribution in [0, 0.1) is 20.8 Å². The standard InChI is InChI=1S/C21H24N2O4S2/c1-13-5-8-19(29(4,26)27)17(9-13)21(25)23-12-28-11-18(23)20(24)22-16-7-6-14(2)15(3)10-16/h5-10,18H,11-12H2,1-4H3,(H,22,24). The summed E-state index contributed by atoms with van der Waals surface area (Å²) in [5.41, 5.74) is 3.76. The maximum atomic E-state index is 13.2. The predicted octanol–water partition coefficient (Wildman–Crippen LogP) is 3.17. The zero-order valence-corrected chi connectivity index (χ0v) is 18.5. The summed E-state index contributed by atoms with van der Waals surface area (Å²) < 4.78 is 24.3. The SMILES string of the molecule is Cc1ccc(S(C)(=O)=O)c(C(=O)N2CSCC2C(=O)Nc2ccc(C)c(C)c2)c1. The van der Waals surface area contributed by atoms with E-state index in [4.69, 9.17) is 0 Å². The fraction of sp³-hybridized carbons (Fsp3) is 0.333. The number of rotatable bonds is 4. The molecule has 1 saturated heterocycles. The Labute approximate surface area is 175 Å². The van der Waals surface area contributed by atoms with Crippen molar-refractivity contribution in [3.05, 3.63) is 58.7 Å². The van der Waals surface area contributed by atoms with Crippen LogP contribution >= 0.6 is 11.8 Å². The molecule has 1 heterocycles. The molecule has 29 heavy (non-hydrogen) atoms. The molecule has 1 unspecified atom stereocenters. The Kier molecular flexibility index (Phi) is 6.05. The van der Waals surface area contributed by atoms with Crippen molar-refractivity contribution >= 4 is 39.1 Å². The summed E-state index contributed by atoms with van der Waals surface area (Å²) >= 11 is 1.47. The van der Waals surface area contributed by atoms with Gasteiger partial charge < -0.3 is 10.2 Å². The molecule has 0 spiro atoms. The van der Waals surface area contributed by atoms with E-state index in [2.05, 4.69) is 5.32 Å². The van der Waals surface area contributed by atoms with E-state index in [1.807, 2.05) is 32.0 Å². The smallest absolute Gasteiger partial charge is 0.256 e. The van der Waals surface area contributed by atoms with E-state index in [-0.39, 0.29) is 16.4 Å². The number of carbonyl (C=O) groups excluding carboxylic acids is 2. The van der Waals surface area contributed by atoms with Crippen molar-refractivity contribution in [2.45, 2.75) is 31.7 Å². The second-order valence-electron chi connectivity index (χ2n) is 7.35. The van der Waals surface area contributed by atoms with Crippen molar-refractivity contribution in [1.82, 2.24) is 4.90 Å². The first kappa shape index (κ1) is 21.4. The van der Waals surface area contributed by atoms with Gasteiger partial charge in [-0.2, -0.15) is 0 Å². The number of amides is 2. The first-order chi connectivity index (χ1) is 13.6. The molecule has 0 saturated carbocycles. The highest BCUT2D eigenvalue weighted by Gasteiger charge is 2.36. The van der Waals surface area contributed by atoms with Crippen LogP contribution in [-0.2, 0) is 14.6 Å². The maximum absolute atomic E-state index is 13.2. The van der Waals surface area contributed by atoms with Crippen molar-refractivity contribution in [1.29, 1.82) is 0 Å². The molecular formula is C21H24N2O4S2. The van der Waals surface area contributed by atoms with Crippen LogP contribution in [0.15, 0.2) is 41.3 Å². The fourth-order valence-corrected chi connectivity index (χ4v) is 5.21. The number of carbonyl (C=O) groups is 2. The average Bonchev–Trinajstić information content (AvgIpc) is 3.13. The summed E-state index contributed by atoms with van der Waals surface area (Å²) in [5.74, 6) is 0.0724. The van der Waals surface area contributed by atoms with Crippen LogP contribution in [0.25, 0.3) is 0 Å². The third-order valence-electron chi connectivity index (χ3n) is 4.99. The van der Waals surface area contributed by atoms with Gasteiger partial charge >= 0.3 is 0 Å². The number of aryl methyl sites for hydroxylation is 3. The van der Waals surface area contributed by atoms with E-state index in [0.29, 0.717) is 17.3 Å². The number of nitrogens with zero attached hydrogens (tertiary/aromatic N) is 1. The van der Waals surface area contributed by atoms with Crippen molar-refractivity contribution in [3.63, 3.8) is 0 Å².